The number of ether oxygens (including phenoxy) is 1. The number of hydrogen-bond acceptors (Lipinski definition) is 5. The van der Waals surface area contributed by atoms with Gasteiger partial charge in [0, 0.05) is 33.2 Å². The third-order valence-electron chi connectivity index (χ3n) is 5.31. The van der Waals surface area contributed by atoms with Crippen molar-refractivity contribution in [1.29, 1.82) is 0 Å². The molecule has 0 aromatic carbocycles. The SMILES string of the molecule is CN=C(NCC1CCCCN1C(=O)OC(C)(C)C)N1CCS(=O)(=O)C(C)(C)C1. The number of hydrogen-bond donors (Lipinski definition) is 1. The highest BCUT2D eigenvalue weighted by Crippen LogP contribution is 2.24. The molecule has 0 spiro atoms. The van der Waals surface area contributed by atoms with E-state index in [2.05, 4.69) is 10.3 Å². The summed E-state index contributed by atoms with van der Waals surface area (Å²) in [5, 5.41) is 3.35. The fraction of sp³-hybridized carbons (Fsp3) is 0.895. The molecular formula is C19H36N4O4S. The van der Waals surface area contributed by atoms with Crippen LogP contribution >= 0.6 is 0 Å². The average Bonchev–Trinajstić information content (AvgIpc) is 2.57. The zero-order valence-electron chi connectivity index (χ0n) is 18.1. The number of guanidine groups is 1. The standard InChI is InChI=1S/C19H36N4O4S/c1-18(2,3)27-17(24)23-10-8-7-9-15(23)13-21-16(20-6)22-11-12-28(25,26)19(4,5)14-22/h15H,7-14H2,1-6H3,(H,20,21). The average molecular weight is 417 g/mol. The number of amides is 1. The molecule has 162 valence electrons. The van der Waals surface area contributed by atoms with Crippen LogP contribution in [-0.4, -0.2) is 85.6 Å². The molecule has 8 nitrogen and oxygen atoms in total. The van der Waals surface area contributed by atoms with Crippen LogP contribution in [0.25, 0.3) is 0 Å². The second kappa shape index (κ2) is 8.47. The van der Waals surface area contributed by atoms with E-state index < -0.39 is 20.2 Å². The smallest absolute Gasteiger partial charge is 0.410 e. The number of nitrogens with one attached hydrogen (secondary N) is 1. The molecule has 0 aromatic rings. The summed E-state index contributed by atoms with van der Waals surface area (Å²) in [6.45, 7) is 11.2. The Balaban J connectivity index is 2.00. The fourth-order valence-corrected chi connectivity index (χ4v) is 5.01. The number of nitrogens with zero attached hydrogens (tertiary/aromatic N) is 3. The van der Waals surface area contributed by atoms with Gasteiger partial charge in [0.25, 0.3) is 0 Å². The zero-order valence-corrected chi connectivity index (χ0v) is 18.9. The molecule has 0 aliphatic carbocycles. The minimum Gasteiger partial charge on any atom is -0.444 e. The van der Waals surface area contributed by atoms with Crippen molar-refractivity contribution in [2.75, 3.05) is 39.0 Å². The van der Waals surface area contributed by atoms with Crippen LogP contribution in [-0.2, 0) is 14.6 Å². The molecule has 1 atom stereocenters. The van der Waals surface area contributed by atoms with Crippen LogP contribution in [0, 0.1) is 0 Å². The predicted molar refractivity (Wildman–Crippen MR) is 111 cm³/mol. The molecule has 1 amide bonds. The Morgan fingerprint density at radius 2 is 1.93 bits per heavy atom. The van der Waals surface area contributed by atoms with E-state index in [1.807, 2.05) is 25.7 Å². The molecule has 2 saturated heterocycles. The maximum Gasteiger partial charge on any atom is 0.410 e. The highest BCUT2D eigenvalue weighted by molar-refractivity contribution is 7.92. The summed E-state index contributed by atoms with van der Waals surface area (Å²) in [5.41, 5.74) is -0.520. The second-order valence-electron chi connectivity index (χ2n) is 9.25. The first-order valence-electron chi connectivity index (χ1n) is 10.0. The number of aliphatic imine (C=N–C) groups is 1. The molecule has 0 radical (unpaired) electrons. The lowest BCUT2D eigenvalue weighted by molar-refractivity contribution is 0.0103. The lowest BCUT2D eigenvalue weighted by Gasteiger charge is -2.40. The van der Waals surface area contributed by atoms with E-state index in [1.165, 1.54) is 0 Å². The van der Waals surface area contributed by atoms with Gasteiger partial charge in [0.05, 0.1) is 16.5 Å². The summed E-state index contributed by atoms with van der Waals surface area (Å²) in [4.78, 5) is 20.7. The molecule has 0 aromatic heterocycles. The zero-order chi connectivity index (χ0) is 21.2. The van der Waals surface area contributed by atoms with Gasteiger partial charge in [-0.25, -0.2) is 13.2 Å². The maximum absolute atomic E-state index is 12.6. The maximum atomic E-state index is 12.6. The van der Waals surface area contributed by atoms with E-state index in [4.69, 9.17) is 4.74 Å². The van der Waals surface area contributed by atoms with E-state index in [0.29, 0.717) is 32.1 Å². The molecule has 0 bridgehead atoms. The van der Waals surface area contributed by atoms with Gasteiger partial charge in [0.2, 0.25) is 0 Å². The van der Waals surface area contributed by atoms with Crippen LogP contribution in [0.2, 0.25) is 0 Å². The monoisotopic (exact) mass is 416 g/mol. The number of likely N-dealkylation sites (tertiary alicyclic amines) is 1. The van der Waals surface area contributed by atoms with Crippen molar-refractivity contribution in [2.24, 2.45) is 4.99 Å². The molecule has 2 fully saturated rings. The van der Waals surface area contributed by atoms with Gasteiger partial charge in [-0.15, -0.1) is 0 Å². The van der Waals surface area contributed by atoms with E-state index in [9.17, 15) is 13.2 Å². The molecular weight excluding hydrogens is 380 g/mol. The highest BCUT2D eigenvalue weighted by Gasteiger charge is 2.41. The van der Waals surface area contributed by atoms with E-state index in [1.54, 1.807) is 25.8 Å². The quantitative estimate of drug-likeness (QED) is 0.546. The van der Waals surface area contributed by atoms with Crippen molar-refractivity contribution in [3.8, 4) is 0 Å². The van der Waals surface area contributed by atoms with Crippen molar-refractivity contribution >= 4 is 21.9 Å². The van der Waals surface area contributed by atoms with Gasteiger partial charge in [-0.1, -0.05) is 0 Å². The minimum absolute atomic E-state index is 0.0295. The molecule has 1 N–H and O–H groups in total. The highest BCUT2D eigenvalue weighted by atomic mass is 32.2. The molecule has 0 saturated carbocycles. The van der Waals surface area contributed by atoms with Crippen LogP contribution in [0.4, 0.5) is 4.79 Å². The van der Waals surface area contributed by atoms with Gasteiger partial charge in [-0.3, -0.25) is 4.99 Å². The Labute approximate surface area is 169 Å². The van der Waals surface area contributed by atoms with E-state index >= 15 is 0 Å². The first kappa shape index (κ1) is 22.8. The Hall–Kier alpha value is -1.51. The molecule has 2 rings (SSSR count). The summed E-state index contributed by atoms with van der Waals surface area (Å²) < 4.78 is 29.3. The number of rotatable bonds is 2. The van der Waals surface area contributed by atoms with Gasteiger partial charge in [0.15, 0.2) is 15.8 Å². The van der Waals surface area contributed by atoms with Crippen molar-refractivity contribution in [3.05, 3.63) is 0 Å². The van der Waals surface area contributed by atoms with E-state index in [-0.39, 0.29) is 17.9 Å². The van der Waals surface area contributed by atoms with Crippen LogP contribution in [0.3, 0.4) is 0 Å². The van der Waals surface area contributed by atoms with Gasteiger partial charge < -0.3 is 19.9 Å². The minimum atomic E-state index is -3.10. The summed E-state index contributed by atoms with van der Waals surface area (Å²) in [6.07, 6.45) is 2.67. The Morgan fingerprint density at radius 3 is 2.50 bits per heavy atom. The van der Waals surface area contributed by atoms with Gasteiger partial charge >= 0.3 is 6.09 Å². The third-order valence-corrected chi connectivity index (χ3v) is 7.84. The predicted octanol–water partition coefficient (Wildman–Crippen LogP) is 1.86. The summed E-state index contributed by atoms with van der Waals surface area (Å²) >= 11 is 0. The summed E-state index contributed by atoms with van der Waals surface area (Å²) in [7, 11) is -1.40. The second-order valence-corrected chi connectivity index (χ2v) is 12.0. The number of piperidine rings is 1. The largest absolute Gasteiger partial charge is 0.444 e. The lowest BCUT2D eigenvalue weighted by atomic mass is 10.0. The first-order chi connectivity index (χ1) is 12.9. The van der Waals surface area contributed by atoms with Crippen LogP contribution < -0.4 is 5.32 Å². The van der Waals surface area contributed by atoms with Crippen LogP contribution in [0.15, 0.2) is 4.99 Å². The molecule has 2 heterocycles. The summed E-state index contributed by atoms with van der Waals surface area (Å²) in [5.74, 6) is 0.798. The number of carbonyl (C=O) groups is 1. The van der Waals surface area contributed by atoms with Crippen molar-refractivity contribution in [1.82, 2.24) is 15.1 Å². The van der Waals surface area contributed by atoms with Gasteiger partial charge in [-0.2, -0.15) is 0 Å². The van der Waals surface area contributed by atoms with Crippen LogP contribution in [0.1, 0.15) is 53.9 Å². The van der Waals surface area contributed by atoms with Gasteiger partial charge in [-0.05, 0) is 53.9 Å². The van der Waals surface area contributed by atoms with Crippen LogP contribution in [0.5, 0.6) is 0 Å². The Kier molecular flexibility index (Phi) is 6.89. The molecule has 28 heavy (non-hydrogen) atoms. The fourth-order valence-electron chi connectivity index (χ4n) is 3.64. The molecule has 1 unspecified atom stereocenters. The first-order valence-corrected chi connectivity index (χ1v) is 11.7. The van der Waals surface area contributed by atoms with Crippen molar-refractivity contribution in [3.63, 3.8) is 0 Å². The third kappa shape index (κ3) is 5.52. The Bertz CT molecular complexity index is 697. The topological polar surface area (TPSA) is 91.3 Å². The van der Waals surface area contributed by atoms with Crippen molar-refractivity contribution < 1.29 is 17.9 Å². The molecule has 9 heteroatoms. The number of sulfone groups is 1. The normalized spacial score (nSPS) is 25.4. The number of carbonyl (C=O) groups excluding carboxylic acids is 1. The van der Waals surface area contributed by atoms with Gasteiger partial charge in [0.1, 0.15) is 5.60 Å². The molecule has 2 aliphatic rings. The van der Waals surface area contributed by atoms with Crippen molar-refractivity contribution in [2.45, 2.75) is 70.3 Å². The lowest BCUT2D eigenvalue weighted by Crippen LogP contribution is -2.58. The Morgan fingerprint density at radius 1 is 1.25 bits per heavy atom. The molecule has 2 aliphatic heterocycles. The van der Waals surface area contributed by atoms with E-state index in [0.717, 1.165) is 19.3 Å². The summed E-state index contributed by atoms with van der Waals surface area (Å²) in [6, 6.07) is 0.0295.